The first-order chi connectivity index (χ1) is 11.6. The fourth-order valence-electron chi connectivity index (χ4n) is 3.49. The summed E-state index contributed by atoms with van der Waals surface area (Å²) in [7, 11) is 0. The van der Waals surface area contributed by atoms with Crippen LogP contribution in [-0.4, -0.2) is 10.9 Å². The summed E-state index contributed by atoms with van der Waals surface area (Å²) in [5.41, 5.74) is 4.42. The molecule has 4 rings (SSSR count). The normalized spacial score (nSPS) is 16.8. The van der Waals surface area contributed by atoms with Gasteiger partial charge in [0.25, 0.3) is 5.91 Å². The molecule has 2 aromatic carbocycles. The fraction of sp³-hybridized carbons (Fsp3) is 0.250. The molecular formula is C20H19FN2O. The average molecular weight is 322 g/mol. The standard InChI is InChI=1S/C20H19FN2O/c1-12-6-8-17-14(10-12)15-11-13(7-9-18(15)22-17)20(24)23-19-5-3-2-4-16(19)21/h2-5,7,9,11-12,22H,6,8,10H2,1H3,(H,23,24)/t12-/m1/s1. The lowest BCUT2D eigenvalue weighted by Gasteiger charge is -2.18. The number of carbonyl (C=O) groups is 1. The summed E-state index contributed by atoms with van der Waals surface area (Å²) in [4.78, 5) is 15.9. The topological polar surface area (TPSA) is 44.9 Å². The van der Waals surface area contributed by atoms with E-state index in [1.807, 2.05) is 12.1 Å². The SMILES string of the molecule is C[C@@H]1CCc2[nH]c3ccc(C(=O)Nc4ccccc4F)cc3c2C1. The van der Waals surface area contributed by atoms with Crippen molar-refractivity contribution in [3.63, 3.8) is 0 Å². The van der Waals surface area contributed by atoms with Crippen molar-refractivity contribution < 1.29 is 9.18 Å². The van der Waals surface area contributed by atoms with Crippen LogP contribution in [0.15, 0.2) is 42.5 Å². The molecule has 0 saturated heterocycles. The highest BCUT2D eigenvalue weighted by Gasteiger charge is 2.20. The highest BCUT2D eigenvalue weighted by atomic mass is 19.1. The van der Waals surface area contributed by atoms with Gasteiger partial charge in [-0.15, -0.1) is 0 Å². The summed E-state index contributed by atoms with van der Waals surface area (Å²) in [6.45, 7) is 2.26. The number of carbonyl (C=O) groups excluding carboxylic acids is 1. The van der Waals surface area contributed by atoms with E-state index in [0.717, 1.165) is 23.7 Å². The molecule has 0 bridgehead atoms. The minimum atomic E-state index is -0.431. The second kappa shape index (κ2) is 5.78. The summed E-state index contributed by atoms with van der Waals surface area (Å²) in [6, 6.07) is 11.8. The summed E-state index contributed by atoms with van der Waals surface area (Å²) >= 11 is 0. The molecule has 1 amide bonds. The van der Waals surface area contributed by atoms with E-state index < -0.39 is 5.82 Å². The predicted octanol–water partition coefficient (Wildman–Crippen LogP) is 4.68. The Kier molecular flexibility index (Phi) is 3.60. The number of para-hydroxylation sites is 1. The first-order valence-electron chi connectivity index (χ1n) is 8.31. The summed E-state index contributed by atoms with van der Waals surface area (Å²) in [5.74, 6) is -0.0621. The number of aryl methyl sites for hydroxylation is 1. The molecule has 0 radical (unpaired) electrons. The average Bonchev–Trinajstić information content (AvgIpc) is 2.94. The molecule has 0 saturated carbocycles. The molecule has 24 heavy (non-hydrogen) atoms. The largest absolute Gasteiger partial charge is 0.358 e. The van der Waals surface area contributed by atoms with Gasteiger partial charge < -0.3 is 10.3 Å². The van der Waals surface area contributed by atoms with Gasteiger partial charge in [-0.1, -0.05) is 19.1 Å². The molecular weight excluding hydrogens is 303 g/mol. The minimum Gasteiger partial charge on any atom is -0.358 e. The molecule has 1 aromatic heterocycles. The van der Waals surface area contributed by atoms with Gasteiger partial charge in [0.2, 0.25) is 0 Å². The van der Waals surface area contributed by atoms with Crippen LogP contribution in [0.4, 0.5) is 10.1 Å². The Hall–Kier alpha value is -2.62. The lowest BCUT2D eigenvalue weighted by molar-refractivity contribution is 0.102. The first-order valence-corrected chi connectivity index (χ1v) is 8.31. The van der Waals surface area contributed by atoms with Crippen molar-refractivity contribution in [2.45, 2.75) is 26.2 Å². The number of rotatable bonds is 2. The van der Waals surface area contributed by atoms with Gasteiger partial charge in [0.15, 0.2) is 0 Å². The third-order valence-corrected chi connectivity index (χ3v) is 4.82. The van der Waals surface area contributed by atoms with Crippen LogP contribution >= 0.6 is 0 Å². The number of benzene rings is 2. The molecule has 1 aliphatic rings. The van der Waals surface area contributed by atoms with E-state index in [0.29, 0.717) is 11.5 Å². The van der Waals surface area contributed by atoms with E-state index in [4.69, 9.17) is 0 Å². The number of hydrogen-bond acceptors (Lipinski definition) is 1. The van der Waals surface area contributed by atoms with Gasteiger partial charge in [-0.05, 0) is 61.1 Å². The highest BCUT2D eigenvalue weighted by Crippen LogP contribution is 2.32. The number of halogens is 1. The number of aromatic amines is 1. The molecule has 3 nitrogen and oxygen atoms in total. The summed E-state index contributed by atoms with van der Waals surface area (Å²) in [6.07, 6.45) is 3.29. The van der Waals surface area contributed by atoms with Gasteiger partial charge in [-0.3, -0.25) is 4.79 Å². The van der Waals surface area contributed by atoms with Crippen LogP contribution in [-0.2, 0) is 12.8 Å². The van der Waals surface area contributed by atoms with Gasteiger partial charge in [0.1, 0.15) is 5.82 Å². The van der Waals surface area contributed by atoms with E-state index in [-0.39, 0.29) is 11.6 Å². The Morgan fingerprint density at radius 2 is 2.08 bits per heavy atom. The molecule has 1 aliphatic carbocycles. The number of H-pyrrole nitrogens is 1. The van der Waals surface area contributed by atoms with Crippen molar-refractivity contribution in [2.75, 3.05) is 5.32 Å². The lowest BCUT2D eigenvalue weighted by atomic mass is 9.87. The third kappa shape index (κ3) is 2.58. The van der Waals surface area contributed by atoms with Crippen LogP contribution in [0.3, 0.4) is 0 Å². The molecule has 3 aromatic rings. The molecule has 122 valence electrons. The smallest absolute Gasteiger partial charge is 0.255 e. The molecule has 1 heterocycles. The maximum Gasteiger partial charge on any atom is 0.255 e. The Labute approximate surface area is 139 Å². The van der Waals surface area contributed by atoms with E-state index in [9.17, 15) is 9.18 Å². The van der Waals surface area contributed by atoms with Gasteiger partial charge in [-0.2, -0.15) is 0 Å². The van der Waals surface area contributed by atoms with E-state index >= 15 is 0 Å². The van der Waals surface area contributed by atoms with Gasteiger partial charge in [0.05, 0.1) is 5.69 Å². The van der Waals surface area contributed by atoms with Gasteiger partial charge in [0, 0.05) is 22.2 Å². The Morgan fingerprint density at radius 3 is 2.92 bits per heavy atom. The zero-order valence-electron chi connectivity index (χ0n) is 13.5. The second-order valence-electron chi connectivity index (χ2n) is 6.62. The summed E-state index contributed by atoms with van der Waals surface area (Å²) in [5, 5.41) is 3.76. The molecule has 1 atom stereocenters. The summed E-state index contributed by atoms with van der Waals surface area (Å²) < 4.78 is 13.7. The maximum atomic E-state index is 13.7. The van der Waals surface area contributed by atoms with E-state index in [2.05, 4.69) is 17.2 Å². The van der Waals surface area contributed by atoms with Crippen molar-refractivity contribution in [2.24, 2.45) is 5.92 Å². The number of fused-ring (bicyclic) bond motifs is 3. The van der Waals surface area contributed by atoms with Crippen LogP contribution in [0.2, 0.25) is 0 Å². The fourth-order valence-corrected chi connectivity index (χ4v) is 3.49. The molecule has 2 N–H and O–H groups in total. The van der Waals surface area contributed by atoms with E-state index in [1.165, 1.54) is 23.7 Å². The predicted molar refractivity (Wildman–Crippen MR) is 93.8 cm³/mol. The highest BCUT2D eigenvalue weighted by molar-refractivity contribution is 6.06. The van der Waals surface area contributed by atoms with E-state index in [1.54, 1.807) is 24.3 Å². The Bertz CT molecular complexity index is 929. The zero-order chi connectivity index (χ0) is 16.7. The zero-order valence-corrected chi connectivity index (χ0v) is 13.5. The lowest BCUT2D eigenvalue weighted by Crippen LogP contribution is -2.13. The van der Waals surface area contributed by atoms with Crippen molar-refractivity contribution in [1.82, 2.24) is 4.98 Å². The molecule has 0 fully saturated rings. The third-order valence-electron chi connectivity index (χ3n) is 4.82. The van der Waals surface area contributed by atoms with Crippen LogP contribution in [0.25, 0.3) is 10.9 Å². The number of hydrogen-bond donors (Lipinski definition) is 2. The second-order valence-corrected chi connectivity index (χ2v) is 6.62. The van der Waals surface area contributed by atoms with Crippen molar-refractivity contribution in [3.05, 3.63) is 65.1 Å². The van der Waals surface area contributed by atoms with Gasteiger partial charge in [-0.25, -0.2) is 4.39 Å². The van der Waals surface area contributed by atoms with Crippen molar-refractivity contribution in [1.29, 1.82) is 0 Å². The van der Waals surface area contributed by atoms with Crippen LogP contribution in [0.1, 0.15) is 35.0 Å². The van der Waals surface area contributed by atoms with Crippen molar-refractivity contribution >= 4 is 22.5 Å². The van der Waals surface area contributed by atoms with Crippen LogP contribution in [0, 0.1) is 11.7 Å². The Balaban J connectivity index is 1.68. The number of amides is 1. The van der Waals surface area contributed by atoms with Crippen LogP contribution < -0.4 is 5.32 Å². The maximum absolute atomic E-state index is 13.7. The van der Waals surface area contributed by atoms with Crippen molar-refractivity contribution in [3.8, 4) is 0 Å². The molecule has 0 aliphatic heterocycles. The number of nitrogens with one attached hydrogen (secondary N) is 2. The monoisotopic (exact) mass is 322 g/mol. The number of aromatic nitrogens is 1. The first kappa shape index (κ1) is 14.9. The minimum absolute atomic E-state index is 0.201. The Morgan fingerprint density at radius 1 is 1.25 bits per heavy atom. The van der Waals surface area contributed by atoms with Gasteiger partial charge >= 0.3 is 0 Å². The number of anilines is 1. The molecule has 4 heteroatoms. The molecule has 0 unspecified atom stereocenters. The molecule has 0 spiro atoms. The quantitative estimate of drug-likeness (QED) is 0.706. The van der Waals surface area contributed by atoms with Crippen LogP contribution in [0.5, 0.6) is 0 Å².